The molecule has 3 N–H and O–H groups in total. The van der Waals surface area contributed by atoms with Gasteiger partial charge >= 0.3 is 0 Å². The highest BCUT2D eigenvalue weighted by Crippen LogP contribution is 2.27. The maximum atomic E-state index is 11.7. The molecule has 0 spiro atoms. The van der Waals surface area contributed by atoms with Gasteiger partial charge in [0.1, 0.15) is 0 Å². The van der Waals surface area contributed by atoms with Gasteiger partial charge in [0, 0.05) is 29.7 Å². The van der Waals surface area contributed by atoms with Gasteiger partial charge in [-0.2, -0.15) is 0 Å². The summed E-state index contributed by atoms with van der Waals surface area (Å²) in [5.41, 5.74) is 1.96. The molecule has 1 aliphatic heterocycles. The Labute approximate surface area is 116 Å². The first-order valence-corrected chi connectivity index (χ1v) is 6.89. The van der Waals surface area contributed by atoms with Gasteiger partial charge in [-0.25, -0.2) is 0 Å². The summed E-state index contributed by atoms with van der Waals surface area (Å²) in [6, 6.07) is 7.81. The first-order chi connectivity index (χ1) is 9.25. The average Bonchev–Trinajstić information content (AvgIpc) is 2.75. The van der Waals surface area contributed by atoms with E-state index in [0.717, 1.165) is 41.0 Å². The number of nitrogens with one attached hydrogen (secondary N) is 3. The van der Waals surface area contributed by atoms with Crippen LogP contribution >= 0.6 is 11.6 Å². The largest absolute Gasteiger partial charge is 0.356 e. The predicted molar refractivity (Wildman–Crippen MR) is 76.2 cm³/mol. The van der Waals surface area contributed by atoms with Crippen molar-refractivity contribution in [3.05, 3.63) is 35.0 Å². The SMILES string of the molecule is O=C1NCCCC1NCc1[nH]c2ccccc2c1Cl. The number of carbonyl (C=O) groups is 1. The molecule has 0 saturated carbocycles. The van der Waals surface area contributed by atoms with Crippen LogP contribution < -0.4 is 10.6 Å². The predicted octanol–water partition coefficient (Wildman–Crippen LogP) is 2.19. The highest BCUT2D eigenvalue weighted by molar-refractivity contribution is 6.36. The molecule has 1 aromatic carbocycles. The lowest BCUT2D eigenvalue weighted by Crippen LogP contribution is -2.47. The van der Waals surface area contributed by atoms with E-state index in [-0.39, 0.29) is 11.9 Å². The van der Waals surface area contributed by atoms with Crippen molar-refractivity contribution in [3.63, 3.8) is 0 Å². The normalized spacial score (nSPS) is 19.6. The number of aromatic amines is 1. The van der Waals surface area contributed by atoms with Crippen LogP contribution in [-0.4, -0.2) is 23.5 Å². The number of carbonyl (C=O) groups excluding carboxylic acids is 1. The van der Waals surface area contributed by atoms with Gasteiger partial charge < -0.3 is 15.6 Å². The zero-order chi connectivity index (χ0) is 13.2. The molecule has 1 saturated heterocycles. The zero-order valence-corrected chi connectivity index (χ0v) is 11.3. The summed E-state index contributed by atoms with van der Waals surface area (Å²) < 4.78 is 0. The lowest BCUT2D eigenvalue weighted by Gasteiger charge is -2.22. The third-order valence-corrected chi connectivity index (χ3v) is 3.96. The Bertz CT molecular complexity index is 608. The second-order valence-electron chi connectivity index (χ2n) is 4.83. The monoisotopic (exact) mass is 277 g/mol. The van der Waals surface area contributed by atoms with Crippen LogP contribution in [-0.2, 0) is 11.3 Å². The number of hydrogen-bond acceptors (Lipinski definition) is 2. The lowest BCUT2D eigenvalue weighted by molar-refractivity contribution is -0.124. The molecule has 0 radical (unpaired) electrons. The van der Waals surface area contributed by atoms with E-state index in [4.69, 9.17) is 11.6 Å². The minimum Gasteiger partial charge on any atom is -0.356 e. The number of fused-ring (bicyclic) bond motifs is 1. The van der Waals surface area contributed by atoms with E-state index in [1.54, 1.807) is 0 Å². The molecule has 100 valence electrons. The Morgan fingerprint density at radius 3 is 3.00 bits per heavy atom. The van der Waals surface area contributed by atoms with Crippen molar-refractivity contribution in [2.75, 3.05) is 6.54 Å². The third-order valence-electron chi connectivity index (χ3n) is 3.52. The molecule has 1 unspecified atom stereocenters. The van der Waals surface area contributed by atoms with E-state index in [2.05, 4.69) is 15.6 Å². The number of para-hydroxylation sites is 1. The zero-order valence-electron chi connectivity index (χ0n) is 10.5. The van der Waals surface area contributed by atoms with Gasteiger partial charge in [0.05, 0.1) is 11.1 Å². The van der Waals surface area contributed by atoms with Crippen molar-refractivity contribution in [1.82, 2.24) is 15.6 Å². The first-order valence-electron chi connectivity index (χ1n) is 6.52. The Hall–Kier alpha value is -1.52. The van der Waals surface area contributed by atoms with Crippen LogP contribution in [0.1, 0.15) is 18.5 Å². The summed E-state index contributed by atoms with van der Waals surface area (Å²) in [7, 11) is 0. The van der Waals surface area contributed by atoms with E-state index >= 15 is 0 Å². The van der Waals surface area contributed by atoms with Gasteiger partial charge in [0.25, 0.3) is 0 Å². The molecular formula is C14H16ClN3O. The Balaban J connectivity index is 1.74. The van der Waals surface area contributed by atoms with Gasteiger partial charge in [0.15, 0.2) is 0 Å². The molecule has 1 fully saturated rings. The van der Waals surface area contributed by atoms with E-state index in [0.29, 0.717) is 6.54 Å². The summed E-state index contributed by atoms with van der Waals surface area (Å²) in [5, 5.41) is 7.88. The van der Waals surface area contributed by atoms with Crippen molar-refractivity contribution < 1.29 is 4.79 Å². The van der Waals surface area contributed by atoms with Crippen molar-refractivity contribution in [2.24, 2.45) is 0 Å². The summed E-state index contributed by atoms with van der Waals surface area (Å²) in [6.45, 7) is 1.36. The molecule has 2 aromatic rings. The van der Waals surface area contributed by atoms with Crippen LogP contribution in [0.2, 0.25) is 5.02 Å². The van der Waals surface area contributed by atoms with Gasteiger partial charge in [0.2, 0.25) is 5.91 Å². The van der Waals surface area contributed by atoms with Crippen molar-refractivity contribution in [2.45, 2.75) is 25.4 Å². The highest BCUT2D eigenvalue weighted by Gasteiger charge is 2.21. The van der Waals surface area contributed by atoms with Crippen LogP contribution in [0.5, 0.6) is 0 Å². The van der Waals surface area contributed by atoms with Crippen molar-refractivity contribution >= 4 is 28.4 Å². The fraction of sp³-hybridized carbons (Fsp3) is 0.357. The van der Waals surface area contributed by atoms with Crippen LogP contribution in [0.25, 0.3) is 10.9 Å². The van der Waals surface area contributed by atoms with E-state index in [1.807, 2.05) is 24.3 Å². The molecule has 2 heterocycles. The number of aromatic nitrogens is 1. The van der Waals surface area contributed by atoms with Gasteiger partial charge in [-0.3, -0.25) is 4.79 Å². The van der Waals surface area contributed by atoms with Gasteiger partial charge in [-0.1, -0.05) is 29.8 Å². The quantitative estimate of drug-likeness (QED) is 0.805. The van der Waals surface area contributed by atoms with Gasteiger partial charge in [-0.05, 0) is 18.9 Å². The third kappa shape index (κ3) is 2.46. The van der Waals surface area contributed by atoms with Crippen molar-refractivity contribution in [1.29, 1.82) is 0 Å². The maximum Gasteiger partial charge on any atom is 0.237 e. The molecule has 4 nitrogen and oxygen atoms in total. The Kier molecular flexibility index (Phi) is 3.44. The highest BCUT2D eigenvalue weighted by atomic mass is 35.5. The molecule has 5 heteroatoms. The second-order valence-corrected chi connectivity index (χ2v) is 5.21. The van der Waals surface area contributed by atoms with E-state index in [1.165, 1.54) is 0 Å². The summed E-state index contributed by atoms with van der Waals surface area (Å²) in [6.07, 6.45) is 1.90. The summed E-state index contributed by atoms with van der Waals surface area (Å²) >= 11 is 6.34. The maximum absolute atomic E-state index is 11.7. The number of benzene rings is 1. The molecule has 1 atom stereocenters. The molecule has 1 amide bonds. The van der Waals surface area contributed by atoms with E-state index in [9.17, 15) is 4.79 Å². The molecule has 0 aliphatic carbocycles. The smallest absolute Gasteiger partial charge is 0.237 e. The fourth-order valence-corrected chi connectivity index (χ4v) is 2.76. The standard InChI is InChI=1S/C14H16ClN3O/c15-13-9-4-1-2-5-10(9)18-12(13)8-17-11-6-3-7-16-14(11)19/h1-2,4-5,11,17-18H,3,6-8H2,(H,16,19). The summed E-state index contributed by atoms with van der Waals surface area (Å²) in [5.74, 6) is 0.0819. The van der Waals surface area contributed by atoms with Crippen molar-refractivity contribution in [3.8, 4) is 0 Å². The number of rotatable bonds is 3. The van der Waals surface area contributed by atoms with Crippen LogP contribution in [0.3, 0.4) is 0 Å². The first kappa shape index (κ1) is 12.5. The lowest BCUT2D eigenvalue weighted by atomic mass is 10.1. The number of piperidine rings is 1. The fourth-order valence-electron chi connectivity index (χ4n) is 2.48. The van der Waals surface area contributed by atoms with Crippen LogP contribution in [0.15, 0.2) is 24.3 Å². The number of H-pyrrole nitrogens is 1. The molecule has 0 bridgehead atoms. The topological polar surface area (TPSA) is 56.9 Å². The summed E-state index contributed by atoms with van der Waals surface area (Å²) in [4.78, 5) is 14.9. The average molecular weight is 278 g/mol. The molecule has 1 aliphatic rings. The Morgan fingerprint density at radius 1 is 1.37 bits per heavy atom. The number of amides is 1. The minimum atomic E-state index is -0.115. The van der Waals surface area contributed by atoms with Crippen LogP contribution in [0, 0.1) is 0 Å². The van der Waals surface area contributed by atoms with Gasteiger partial charge in [-0.15, -0.1) is 0 Å². The molecular weight excluding hydrogens is 262 g/mol. The Morgan fingerprint density at radius 2 is 2.21 bits per heavy atom. The molecule has 1 aromatic heterocycles. The molecule has 3 rings (SSSR count). The number of hydrogen-bond donors (Lipinski definition) is 3. The minimum absolute atomic E-state index is 0.0819. The second kappa shape index (κ2) is 5.23. The van der Waals surface area contributed by atoms with E-state index < -0.39 is 0 Å². The van der Waals surface area contributed by atoms with Crippen LogP contribution in [0.4, 0.5) is 0 Å². The number of halogens is 1. The molecule has 19 heavy (non-hydrogen) atoms.